The van der Waals surface area contributed by atoms with Crippen LogP contribution in [0.25, 0.3) is 0 Å². The Bertz CT molecular complexity index is 189. The summed E-state index contributed by atoms with van der Waals surface area (Å²) in [6, 6.07) is 0. The second-order valence-corrected chi connectivity index (χ2v) is 4.34. The zero-order valence-electron chi connectivity index (χ0n) is 10.5. The van der Waals surface area contributed by atoms with Gasteiger partial charge in [-0.25, -0.2) is 0 Å². The summed E-state index contributed by atoms with van der Waals surface area (Å²) in [5, 5.41) is 0. The molecule has 0 aliphatic heterocycles. The van der Waals surface area contributed by atoms with Gasteiger partial charge in [0.2, 0.25) is 0 Å². The molecule has 5 heteroatoms. The summed E-state index contributed by atoms with van der Waals surface area (Å²) in [5.41, 5.74) is 5.17. The first kappa shape index (κ1) is 15.3. The lowest BCUT2D eigenvalue weighted by molar-refractivity contribution is -0.145. The fourth-order valence-electron chi connectivity index (χ4n) is 1.01. The monoisotopic (exact) mass is 233 g/mol. The molecular weight excluding hydrogens is 210 g/mol. The highest BCUT2D eigenvalue weighted by Gasteiger charge is 2.16. The first-order chi connectivity index (χ1) is 7.45. The molecule has 0 fully saturated rings. The molecule has 2 N–H and O–H groups in total. The van der Waals surface area contributed by atoms with Crippen molar-refractivity contribution in [2.75, 3.05) is 33.5 Å². The van der Waals surface area contributed by atoms with Crippen molar-refractivity contribution >= 4 is 5.97 Å². The Labute approximate surface area is 97.2 Å². The quantitative estimate of drug-likeness (QED) is 0.469. The molecule has 0 aromatic rings. The van der Waals surface area contributed by atoms with Crippen LogP contribution in [0.15, 0.2) is 0 Å². The molecule has 0 rings (SSSR count). The van der Waals surface area contributed by atoms with Gasteiger partial charge in [-0.15, -0.1) is 0 Å². The lowest BCUT2D eigenvalue weighted by Gasteiger charge is -2.16. The zero-order chi connectivity index (χ0) is 12.4. The number of hydrogen-bond acceptors (Lipinski definition) is 5. The number of ether oxygens (including phenoxy) is 3. The van der Waals surface area contributed by atoms with Crippen molar-refractivity contribution in [1.29, 1.82) is 0 Å². The van der Waals surface area contributed by atoms with Gasteiger partial charge in [-0.2, -0.15) is 0 Å². The van der Waals surface area contributed by atoms with Crippen molar-refractivity contribution in [2.24, 2.45) is 5.73 Å². The lowest BCUT2D eigenvalue weighted by Crippen LogP contribution is -2.35. The number of carbonyl (C=O) groups is 1. The molecule has 96 valence electrons. The molecule has 0 saturated heterocycles. The third kappa shape index (κ3) is 11.4. The van der Waals surface area contributed by atoms with Gasteiger partial charge in [0, 0.05) is 25.7 Å². The van der Waals surface area contributed by atoms with Gasteiger partial charge in [-0.3, -0.25) is 4.79 Å². The van der Waals surface area contributed by atoms with E-state index in [4.69, 9.17) is 19.9 Å². The van der Waals surface area contributed by atoms with Gasteiger partial charge >= 0.3 is 5.97 Å². The molecule has 0 saturated carbocycles. The molecule has 0 aromatic heterocycles. The second-order valence-electron chi connectivity index (χ2n) is 4.34. The fourth-order valence-corrected chi connectivity index (χ4v) is 1.01. The van der Waals surface area contributed by atoms with Gasteiger partial charge in [0.1, 0.15) is 0 Å². The van der Waals surface area contributed by atoms with Crippen LogP contribution in [0.4, 0.5) is 0 Å². The van der Waals surface area contributed by atoms with Crippen LogP contribution in [0.1, 0.15) is 26.7 Å². The highest BCUT2D eigenvalue weighted by molar-refractivity contribution is 5.70. The van der Waals surface area contributed by atoms with E-state index >= 15 is 0 Å². The van der Waals surface area contributed by atoms with Crippen molar-refractivity contribution in [3.8, 4) is 0 Å². The van der Waals surface area contributed by atoms with E-state index in [0.717, 1.165) is 0 Å². The van der Waals surface area contributed by atoms with Crippen molar-refractivity contribution in [1.82, 2.24) is 0 Å². The van der Waals surface area contributed by atoms with Gasteiger partial charge in [0.25, 0.3) is 0 Å². The summed E-state index contributed by atoms with van der Waals surface area (Å²) in [5.74, 6) is -0.260. The minimum atomic E-state index is -0.508. The van der Waals surface area contributed by atoms with E-state index in [-0.39, 0.29) is 12.4 Å². The van der Waals surface area contributed by atoms with Gasteiger partial charge in [-0.05, 0) is 13.8 Å². The van der Waals surface area contributed by atoms with Crippen LogP contribution >= 0.6 is 0 Å². The van der Waals surface area contributed by atoms with E-state index in [1.165, 1.54) is 0 Å². The Hall–Kier alpha value is -0.650. The van der Waals surface area contributed by atoms with Crippen LogP contribution < -0.4 is 5.73 Å². The number of hydrogen-bond donors (Lipinski definition) is 1. The molecule has 0 unspecified atom stereocenters. The SMILES string of the molecule is COCCOCCCOC(=O)CC(C)(C)N. The molecule has 0 atom stereocenters. The van der Waals surface area contributed by atoms with Gasteiger partial charge in [0.05, 0.1) is 26.2 Å². The van der Waals surface area contributed by atoms with E-state index < -0.39 is 5.54 Å². The predicted molar refractivity (Wildman–Crippen MR) is 61.2 cm³/mol. The fraction of sp³-hybridized carbons (Fsp3) is 0.909. The number of esters is 1. The number of rotatable bonds is 9. The van der Waals surface area contributed by atoms with E-state index in [1.54, 1.807) is 21.0 Å². The molecule has 0 aliphatic rings. The molecule has 0 spiro atoms. The average Bonchev–Trinajstić information content (AvgIpc) is 2.13. The van der Waals surface area contributed by atoms with Crippen LogP contribution in [-0.2, 0) is 19.0 Å². The largest absolute Gasteiger partial charge is 0.466 e. The van der Waals surface area contributed by atoms with Crippen LogP contribution in [0, 0.1) is 0 Å². The van der Waals surface area contributed by atoms with E-state index in [2.05, 4.69) is 0 Å². The third-order valence-electron chi connectivity index (χ3n) is 1.73. The molecule has 0 aliphatic carbocycles. The Morgan fingerprint density at radius 2 is 1.88 bits per heavy atom. The minimum absolute atomic E-state index is 0.234. The molecule has 0 bridgehead atoms. The molecule has 0 aromatic carbocycles. The summed E-state index contributed by atoms with van der Waals surface area (Å²) in [7, 11) is 1.62. The maximum absolute atomic E-state index is 11.2. The Morgan fingerprint density at radius 3 is 2.44 bits per heavy atom. The van der Waals surface area contributed by atoms with Gasteiger partial charge in [-0.1, -0.05) is 0 Å². The highest BCUT2D eigenvalue weighted by atomic mass is 16.5. The summed E-state index contributed by atoms with van der Waals surface area (Å²) >= 11 is 0. The van der Waals surface area contributed by atoms with Crippen molar-refractivity contribution in [2.45, 2.75) is 32.2 Å². The highest BCUT2D eigenvalue weighted by Crippen LogP contribution is 2.04. The van der Waals surface area contributed by atoms with Crippen molar-refractivity contribution in [3.63, 3.8) is 0 Å². The standard InChI is InChI=1S/C11H23NO4/c1-11(2,12)9-10(13)16-6-4-5-15-8-7-14-3/h4-9,12H2,1-3H3. The molecule has 0 heterocycles. The number of methoxy groups -OCH3 is 1. The smallest absolute Gasteiger partial charge is 0.307 e. The Balaban J connectivity index is 3.28. The third-order valence-corrected chi connectivity index (χ3v) is 1.73. The van der Waals surface area contributed by atoms with E-state index in [9.17, 15) is 4.79 Å². The summed E-state index contributed by atoms with van der Waals surface area (Å²) in [4.78, 5) is 11.2. The number of nitrogens with two attached hydrogens (primary N) is 1. The molecule has 0 radical (unpaired) electrons. The lowest BCUT2D eigenvalue weighted by atomic mass is 10.0. The second kappa shape index (κ2) is 8.50. The molecular formula is C11H23NO4. The zero-order valence-corrected chi connectivity index (χ0v) is 10.5. The van der Waals surface area contributed by atoms with Crippen molar-refractivity contribution < 1.29 is 19.0 Å². The summed E-state index contributed by atoms with van der Waals surface area (Å²) in [6.45, 7) is 5.69. The number of carbonyl (C=O) groups excluding carboxylic acids is 1. The molecule has 16 heavy (non-hydrogen) atoms. The van der Waals surface area contributed by atoms with Crippen LogP contribution in [0.2, 0.25) is 0 Å². The molecule has 0 amide bonds. The summed E-state index contributed by atoms with van der Waals surface area (Å²) < 4.78 is 15.0. The first-order valence-electron chi connectivity index (χ1n) is 5.47. The average molecular weight is 233 g/mol. The van der Waals surface area contributed by atoms with E-state index in [0.29, 0.717) is 32.8 Å². The van der Waals surface area contributed by atoms with Crippen molar-refractivity contribution in [3.05, 3.63) is 0 Å². The Kier molecular flexibility index (Phi) is 8.15. The van der Waals surface area contributed by atoms with Crippen LogP contribution in [0.3, 0.4) is 0 Å². The maximum Gasteiger partial charge on any atom is 0.307 e. The molecule has 5 nitrogen and oxygen atoms in total. The Morgan fingerprint density at radius 1 is 1.19 bits per heavy atom. The summed E-state index contributed by atoms with van der Waals surface area (Å²) in [6.07, 6.45) is 0.929. The maximum atomic E-state index is 11.2. The van der Waals surface area contributed by atoms with Crippen LogP contribution in [0.5, 0.6) is 0 Å². The predicted octanol–water partition coefficient (Wildman–Crippen LogP) is 0.710. The van der Waals surface area contributed by atoms with E-state index in [1.807, 2.05) is 0 Å². The topological polar surface area (TPSA) is 70.8 Å². The van der Waals surface area contributed by atoms with Gasteiger partial charge < -0.3 is 19.9 Å². The minimum Gasteiger partial charge on any atom is -0.466 e. The van der Waals surface area contributed by atoms with Crippen LogP contribution in [-0.4, -0.2) is 45.0 Å². The normalized spacial score (nSPS) is 11.5. The first-order valence-corrected chi connectivity index (χ1v) is 5.47. The van der Waals surface area contributed by atoms with Gasteiger partial charge in [0.15, 0.2) is 0 Å².